The van der Waals surface area contributed by atoms with Gasteiger partial charge in [0, 0.05) is 31.1 Å². The number of tetrazole rings is 1. The van der Waals surface area contributed by atoms with Gasteiger partial charge < -0.3 is 42.0 Å². The van der Waals surface area contributed by atoms with E-state index in [1.165, 1.54) is 11.0 Å². The van der Waals surface area contributed by atoms with Crippen LogP contribution in [0.3, 0.4) is 0 Å². The molecule has 5 rings (SSSR count). The fourth-order valence-electron chi connectivity index (χ4n) is 5.20. The van der Waals surface area contributed by atoms with Crippen molar-refractivity contribution in [3.05, 3.63) is 35.0 Å². The molecule has 23 heteroatoms. The van der Waals surface area contributed by atoms with E-state index in [2.05, 4.69) is 31.5 Å². The number of imide groups is 1. The second kappa shape index (κ2) is 13.3. The van der Waals surface area contributed by atoms with Crippen molar-refractivity contribution in [3.8, 4) is 11.5 Å². The van der Waals surface area contributed by atoms with Crippen LogP contribution in [-0.2, 0) is 28.8 Å². The number of carboxylic acids is 1. The zero-order valence-electron chi connectivity index (χ0n) is 24.7. The van der Waals surface area contributed by atoms with E-state index in [9.17, 15) is 48.9 Å². The van der Waals surface area contributed by atoms with Crippen molar-refractivity contribution in [2.24, 2.45) is 0 Å². The number of aromatic nitrogens is 4. The number of hydrogen-bond acceptors (Lipinski definition) is 15. The van der Waals surface area contributed by atoms with E-state index >= 15 is 0 Å². The maximum Gasteiger partial charge on any atom is 0.352 e. The van der Waals surface area contributed by atoms with Crippen molar-refractivity contribution in [1.29, 1.82) is 0 Å². The van der Waals surface area contributed by atoms with Crippen LogP contribution in [-0.4, -0.2) is 135 Å². The third kappa shape index (κ3) is 5.87. The van der Waals surface area contributed by atoms with Gasteiger partial charge in [0.25, 0.3) is 5.91 Å². The van der Waals surface area contributed by atoms with Gasteiger partial charge in [-0.1, -0.05) is 22.9 Å². The third-order valence-corrected chi connectivity index (χ3v) is 10.0. The summed E-state index contributed by atoms with van der Waals surface area (Å²) in [5.41, 5.74) is -2.43. The Balaban J connectivity index is 1.42. The van der Waals surface area contributed by atoms with Gasteiger partial charge in [0.15, 0.2) is 11.5 Å². The number of phenolic OH excluding ortho intramolecular Hbond substituents is 2. The first-order chi connectivity index (χ1) is 22.8. The number of carbonyl (C=O) groups is 7. The summed E-state index contributed by atoms with van der Waals surface area (Å²) in [5, 5.41) is 46.6. The first-order valence-electron chi connectivity index (χ1n) is 13.9. The molecule has 3 aliphatic heterocycles. The lowest BCUT2D eigenvalue weighted by Gasteiger charge is -2.56. The molecule has 254 valence electrons. The number of nitrogen functional groups attached to an aromatic ring is 1. The summed E-state index contributed by atoms with van der Waals surface area (Å²) in [4.78, 5) is 93.7. The number of nitrogens with one attached hydrogen (secondary N) is 3. The number of benzene rings is 1. The molecule has 0 radical (unpaired) electrons. The average molecular weight is 706 g/mol. The smallest absolute Gasteiger partial charge is 0.352 e. The van der Waals surface area contributed by atoms with Crippen LogP contribution in [0.1, 0.15) is 18.5 Å². The zero-order valence-corrected chi connectivity index (χ0v) is 26.4. The number of nitrogens with two attached hydrogens (primary N) is 1. The minimum atomic E-state index is -2.20. The summed E-state index contributed by atoms with van der Waals surface area (Å²) in [6.07, 6.45) is 0.129. The highest BCUT2D eigenvalue weighted by atomic mass is 32.2. The normalized spacial score (nSPS) is 21.3. The SMILES string of the molecule is CCN1CCN(C(=O)NC(C(=O)N[C@]2(NC=O)C(=O)N3C(C(=O)O)=C(CSc4nnnn4N)CS[C@H]32)c2ccc(O)c(O)c2)C(=O)C1=O. The third-order valence-electron chi connectivity index (χ3n) is 7.60. The number of carbonyl (C=O) groups excluding carboxylic acids is 6. The fourth-order valence-corrected chi connectivity index (χ4v) is 7.56. The average Bonchev–Trinajstić information content (AvgIpc) is 3.48. The van der Waals surface area contributed by atoms with Crippen LogP contribution < -0.4 is 21.8 Å². The minimum Gasteiger partial charge on any atom is -0.504 e. The van der Waals surface area contributed by atoms with Gasteiger partial charge in [-0.05, 0) is 40.6 Å². The zero-order chi connectivity index (χ0) is 34.9. The standard InChI is InChI=1S/C25H27N11O10S2/c1-2-33-5-6-34(19(42)18(33)41)23(46)28-15(11-3-4-13(38)14(39)7-11)17(40)29-25(27-10-37)21(45)35-16(20(43)44)12(8-47-22(25)35)9-48-24-30-31-32-36(24)26/h3-4,7,10,15,22,38-39H,2,5-6,8-9,26H2,1H3,(H,27,37)(H,28,46)(H,29,40)(H,43,44)/t15?,22-,25+/m0/s1. The van der Waals surface area contributed by atoms with Crippen molar-refractivity contribution >= 4 is 65.6 Å². The molecule has 0 aliphatic carbocycles. The lowest BCUT2D eigenvalue weighted by Crippen LogP contribution is -2.85. The maximum absolute atomic E-state index is 13.9. The Morgan fingerprint density at radius 1 is 1.19 bits per heavy atom. The molecule has 2 saturated heterocycles. The Morgan fingerprint density at radius 3 is 2.56 bits per heavy atom. The Kier molecular flexibility index (Phi) is 9.33. The molecule has 0 bridgehead atoms. The van der Waals surface area contributed by atoms with Crippen LogP contribution in [0.2, 0.25) is 0 Å². The van der Waals surface area contributed by atoms with Crippen LogP contribution >= 0.6 is 23.5 Å². The lowest BCUT2D eigenvalue weighted by molar-refractivity contribution is -0.163. The number of piperazine rings is 1. The van der Waals surface area contributed by atoms with Crippen LogP contribution in [0, 0.1) is 0 Å². The van der Waals surface area contributed by atoms with E-state index in [4.69, 9.17) is 5.84 Å². The molecule has 2 fully saturated rings. The largest absolute Gasteiger partial charge is 0.504 e. The first kappa shape index (κ1) is 33.8. The molecule has 21 nitrogen and oxygen atoms in total. The Bertz CT molecular complexity index is 1750. The molecular weight excluding hydrogens is 678 g/mol. The Morgan fingerprint density at radius 2 is 1.94 bits per heavy atom. The van der Waals surface area contributed by atoms with E-state index in [1.54, 1.807) is 6.92 Å². The summed E-state index contributed by atoms with van der Waals surface area (Å²) < 4.78 is 0. The summed E-state index contributed by atoms with van der Waals surface area (Å²) in [6, 6.07) is 0.188. The highest BCUT2D eigenvalue weighted by Crippen LogP contribution is 2.46. The summed E-state index contributed by atoms with van der Waals surface area (Å²) in [7, 11) is 0. The van der Waals surface area contributed by atoms with Crippen molar-refractivity contribution in [1.82, 2.24) is 51.0 Å². The molecule has 7 amide bonds. The number of carboxylic acid groups (broad SMARTS) is 1. The molecule has 3 atom stereocenters. The predicted octanol–water partition coefficient (Wildman–Crippen LogP) is -3.16. The van der Waals surface area contributed by atoms with E-state index in [1.807, 2.05) is 0 Å². The molecule has 0 saturated carbocycles. The molecule has 8 N–H and O–H groups in total. The van der Waals surface area contributed by atoms with E-state index in [0.29, 0.717) is 10.5 Å². The minimum absolute atomic E-state index is 0.0232. The number of urea groups is 1. The predicted molar refractivity (Wildman–Crippen MR) is 162 cm³/mol. The summed E-state index contributed by atoms with van der Waals surface area (Å²) in [6.45, 7) is 1.70. The number of β-lactam (4-membered cyclic amide) rings is 1. The number of nitrogens with zero attached hydrogens (tertiary/aromatic N) is 7. The number of rotatable bonds is 11. The highest BCUT2D eigenvalue weighted by Gasteiger charge is 2.66. The van der Waals surface area contributed by atoms with Gasteiger partial charge in [-0.25, -0.2) is 9.59 Å². The number of phenols is 2. The molecule has 2 aromatic rings. The molecule has 1 aromatic heterocycles. The number of thioether (sulfide) groups is 2. The summed E-state index contributed by atoms with van der Waals surface area (Å²) >= 11 is 2.03. The van der Waals surface area contributed by atoms with Gasteiger partial charge in [-0.2, -0.15) is 0 Å². The molecule has 0 spiro atoms. The van der Waals surface area contributed by atoms with Crippen molar-refractivity contribution in [2.75, 3.05) is 37.0 Å². The van der Waals surface area contributed by atoms with Crippen LogP contribution in [0.25, 0.3) is 0 Å². The Labute approximate surface area is 277 Å². The van der Waals surface area contributed by atoms with Crippen molar-refractivity contribution in [3.63, 3.8) is 0 Å². The van der Waals surface area contributed by atoms with Crippen molar-refractivity contribution < 1.29 is 48.9 Å². The number of fused-ring (bicyclic) bond motifs is 1. The molecule has 1 unspecified atom stereocenters. The monoisotopic (exact) mass is 705 g/mol. The molecule has 3 aliphatic rings. The maximum atomic E-state index is 13.9. The number of aromatic hydroxyl groups is 2. The summed E-state index contributed by atoms with van der Waals surface area (Å²) in [5.74, 6) is -1.30. The molecule has 48 heavy (non-hydrogen) atoms. The Hall–Kier alpha value is -5.58. The van der Waals surface area contributed by atoms with Crippen molar-refractivity contribution in [2.45, 2.75) is 29.2 Å². The fraction of sp³-hybridized carbons (Fsp3) is 0.360. The van der Waals surface area contributed by atoms with E-state index < -0.39 is 69.9 Å². The van der Waals surface area contributed by atoms with Gasteiger partial charge in [-0.3, -0.25) is 33.8 Å². The van der Waals surface area contributed by atoms with Gasteiger partial charge in [0.05, 0.1) is 0 Å². The second-order valence-corrected chi connectivity index (χ2v) is 12.3. The van der Waals surface area contributed by atoms with E-state index in [-0.39, 0.29) is 48.3 Å². The topological polar surface area (TPSA) is 296 Å². The molecule has 1 aromatic carbocycles. The second-order valence-electron chi connectivity index (χ2n) is 10.3. The quantitative estimate of drug-likeness (QED) is 0.0231. The van der Waals surface area contributed by atoms with Gasteiger partial charge in [0.1, 0.15) is 17.1 Å². The van der Waals surface area contributed by atoms with Crippen LogP contribution in [0.5, 0.6) is 11.5 Å². The number of likely N-dealkylation sites (N-methyl/N-ethyl adjacent to an activating group) is 1. The highest BCUT2D eigenvalue weighted by molar-refractivity contribution is 8.01. The van der Waals surface area contributed by atoms with Crippen LogP contribution in [0.15, 0.2) is 34.6 Å². The molecular formula is C25H27N11O10S2. The lowest BCUT2D eigenvalue weighted by atomic mass is 9.94. The number of aliphatic carboxylic acids is 1. The van der Waals surface area contributed by atoms with Gasteiger partial charge in [-0.15, -0.1) is 16.6 Å². The van der Waals surface area contributed by atoms with Crippen LogP contribution in [0.4, 0.5) is 4.79 Å². The first-order valence-corrected chi connectivity index (χ1v) is 15.9. The molecule has 4 heterocycles. The van der Waals surface area contributed by atoms with Gasteiger partial charge >= 0.3 is 23.8 Å². The van der Waals surface area contributed by atoms with Gasteiger partial charge in [0.2, 0.25) is 23.1 Å². The number of amides is 7. The number of hydrogen-bond donors (Lipinski definition) is 7. The van der Waals surface area contributed by atoms with E-state index in [0.717, 1.165) is 45.3 Å².